The summed E-state index contributed by atoms with van der Waals surface area (Å²) in [5, 5.41) is 5.25. The number of anilines is 1. The quantitative estimate of drug-likeness (QED) is 0.689. The van der Waals surface area contributed by atoms with Crippen LogP contribution in [0.5, 0.6) is 0 Å². The van der Waals surface area contributed by atoms with Gasteiger partial charge in [-0.3, -0.25) is 14.4 Å². The van der Waals surface area contributed by atoms with E-state index < -0.39 is 0 Å². The van der Waals surface area contributed by atoms with Crippen LogP contribution >= 0.6 is 0 Å². The lowest BCUT2D eigenvalue weighted by molar-refractivity contribution is -0.136. The van der Waals surface area contributed by atoms with Crippen LogP contribution < -0.4 is 10.6 Å². The Hall–Kier alpha value is -2.37. The Bertz CT molecular complexity index is 532. The van der Waals surface area contributed by atoms with Gasteiger partial charge in [0.1, 0.15) is 0 Å². The smallest absolute Gasteiger partial charge is 0.243 e. The largest absolute Gasteiger partial charge is 0.345 e. The summed E-state index contributed by atoms with van der Waals surface area (Å²) < 4.78 is 0. The highest BCUT2D eigenvalue weighted by Crippen LogP contribution is 2.04. The number of hydrogen-bond acceptors (Lipinski definition) is 3. The summed E-state index contributed by atoms with van der Waals surface area (Å²) in [5.41, 5.74) is 0.680. The van der Waals surface area contributed by atoms with Crippen molar-refractivity contribution in [2.75, 3.05) is 25.0 Å². The average Bonchev–Trinajstić information content (AvgIpc) is 2.58. The number of unbranched alkanes of at least 4 members (excludes halogenated alkanes) is 1. The Balaban J connectivity index is 2.39. The van der Waals surface area contributed by atoms with Crippen LogP contribution in [0.2, 0.25) is 0 Å². The zero-order valence-corrected chi connectivity index (χ0v) is 14.5. The summed E-state index contributed by atoms with van der Waals surface area (Å²) in [7, 11) is 0. The number of benzene rings is 1. The molecule has 0 aliphatic heterocycles. The monoisotopic (exact) mass is 333 g/mol. The first-order valence-corrected chi connectivity index (χ1v) is 8.46. The van der Waals surface area contributed by atoms with Crippen LogP contribution in [0, 0.1) is 0 Å². The predicted octanol–water partition coefficient (Wildman–Crippen LogP) is 2.17. The van der Waals surface area contributed by atoms with E-state index in [0.29, 0.717) is 18.7 Å². The van der Waals surface area contributed by atoms with Gasteiger partial charge in [-0.25, -0.2) is 0 Å². The molecule has 6 nitrogen and oxygen atoms in total. The fraction of sp³-hybridized carbons (Fsp3) is 0.500. The van der Waals surface area contributed by atoms with Crippen LogP contribution in [0.25, 0.3) is 0 Å². The second-order valence-electron chi connectivity index (χ2n) is 5.61. The third kappa shape index (κ3) is 7.76. The lowest BCUT2D eigenvalue weighted by atomic mass is 10.2. The first kappa shape index (κ1) is 19.7. The van der Waals surface area contributed by atoms with E-state index in [-0.39, 0.29) is 30.8 Å². The number of amides is 3. The van der Waals surface area contributed by atoms with Crippen LogP contribution in [0.3, 0.4) is 0 Å². The van der Waals surface area contributed by atoms with E-state index in [0.717, 1.165) is 19.3 Å². The Labute approximate surface area is 143 Å². The molecule has 0 aromatic heterocycles. The zero-order chi connectivity index (χ0) is 17.8. The molecular weight excluding hydrogens is 306 g/mol. The summed E-state index contributed by atoms with van der Waals surface area (Å²) in [4.78, 5) is 37.4. The second kappa shape index (κ2) is 11.2. The number of nitrogens with zero attached hydrogens (tertiary/aromatic N) is 1. The number of rotatable bonds is 10. The van der Waals surface area contributed by atoms with Crippen molar-refractivity contribution in [1.29, 1.82) is 0 Å². The number of nitrogens with one attached hydrogen (secondary N) is 2. The van der Waals surface area contributed by atoms with Gasteiger partial charge in [-0.05, 0) is 25.0 Å². The lowest BCUT2D eigenvalue weighted by Gasteiger charge is -2.21. The maximum absolute atomic E-state index is 12.1. The molecular formula is C18H27N3O3. The molecule has 1 aromatic carbocycles. The molecule has 0 atom stereocenters. The van der Waals surface area contributed by atoms with Crippen molar-refractivity contribution in [3.63, 3.8) is 0 Å². The molecule has 132 valence electrons. The molecule has 1 rings (SSSR count). The van der Waals surface area contributed by atoms with Gasteiger partial charge in [-0.2, -0.15) is 0 Å². The highest BCUT2D eigenvalue weighted by molar-refractivity contribution is 5.95. The minimum Gasteiger partial charge on any atom is -0.345 e. The lowest BCUT2D eigenvalue weighted by Crippen LogP contribution is -2.43. The van der Waals surface area contributed by atoms with Crippen molar-refractivity contribution in [2.24, 2.45) is 0 Å². The van der Waals surface area contributed by atoms with Gasteiger partial charge in [0, 0.05) is 18.7 Å². The van der Waals surface area contributed by atoms with E-state index >= 15 is 0 Å². The topological polar surface area (TPSA) is 78.5 Å². The summed E-state index contributed by atoms with van der Waals surface area (Å²) >= 11 is 0. The summed E-state index contributed by atoms with van der Waals surface area (Å²) in [6.45, 7) is 4.42. The highest BCUT2D eigenvalue weighted by Gasteiger charge is 2.16. The molecule has 0 fully saturated rings. The van der Waals surface area contributed by atoms with Crippen LogP contribution in [0.15, 0.2) is 30.3 Å². The van der Waals surface area contributed by atoms with Gasteiger partial charge >= 0.3 is 0 Å². The van der Waals surface area contributed by atoms with E-state index in [2.05, 4.69) is 10.6 Å². The van der Waals surface area contributed by atoms with E-state index in [1.54, 1.807) is 17.0 Å². The SMILES string of the molecule is CCCCC(=O)N(CCC)CC(=O)NCC(=O)Nc1ccccc1. The fourth-order valence-electron chi connectivity index (χ4n) is 2.18. The van der Waals surface area contributed by atoms with E-state index in [1.165, 1.54) is 0 Å². The highest BCUT2D eigenvalue weighted by atomic mass is 16.2. The molecule has 0 saturated heterocycles. The van der Waals surface area contributed by atoms with Gasteiger partial charge in [0.15, 0.2) is 0 Å². The number of para-hydroxylation sites is 1. The van der Waals surface area contributed by atoms with Crippen LogP contribution in [0.4, 0.5) is 5.69 Å². The maximum atomic E-state index is 12.1. The van der Waals surface area contributed by atoms with Crippen molar-refractivity contribution in [3.05, 3.63) is 30.3 Å². The molecule has 6 heteroatoms. The molecule has 0 aliphatic rings. The first-order chi connectivity index (χ1) is 11.6. The minimum absolute atomic E-state index is 0.00496. The Kier molecular flexibility index (Phi) is 9.19. The van der Waals surface area contributed by atoms with E-state index in [9.17, 15) is 14.4 Å². The Morgan fingerprint density at radius 1 is 1.00 bits per heavy atom. The molecule has 0 spiro atoms. The Morgan fingerprint density at radius 3 is 2.33 bits per heavy atom. The summed E-state index contributed by atoms with van der Waals surface area (Å²) in [6.07, 6.45) is 3.01. The van der Waals surface area contributed by atoms with Gasteiger partial charge < -0.3 is 15.5 Å². The molecule has 0 radical (unpaired) electrons. The zero-order valence-electron chi connectivity index (χ0n) is 14.5. The molecule has 3 amide bonds. The maximum Gasteiger partial charge on any atom is 0.243 e. The van der Waals surface area contributed by atoms with Crippen molar-refractivity contribution in [1.82, 2.24) is 10.2 Å². The van der Waals surface area contributed by atoms with Crippen LogP contribution in [-0.2, 0) is 14.4 Å². The average molecular weight is 333 g/mol. The van der Waals surface area contributed by atoms with Crippen LogP contribution in [-0.4, -0.2) is 42.3 Å². The second-order valence-corrected chi connectivity index (χ2v) is 5.61. The van der Waals surface area contributed by atoms with Gasteiger partial charge in [-0.1, -0.05) is 38.5 Å². The molecule has 0 aliphatic carbocycles. The molecule has 24 heavy (non-hydrogen) atoms. The third-order valence-corrected chi connectivity index (χ3v) is 3.43. The van der Waals surface area contributed by atoms with Crippen molar-refractivity contribution in [3.8, 4) is 0 Å². The minimum atomic E-state index is -0.323. The van der Waals surface area contributed by atoms with Gasteiger partial charge in [0.25, 0.3) is 0 Å². The van der Waals surface area contributed by atoms with Gasteiger partial charge in [0.2, 0.25) is 17.7 Å². The standard InChI is InChI=1S/C18H27N3O3/c1-3-5-11-18(24)21(12-4-2)14-17(23)19-13-16(22)20-15-9-7-6-8-10-15/h6-10H,3-5,11-14H2,1-2H3,(H,19,23)(H,20,22). The summed E-state index contributed by atoms with van der Waals surface area (Å²) in [6, 6.07) is 9.04. The Morgan fingerprint density at radius 2 is 1.71 bits per heavy atom. The predicted molar refractivity (Wildman–Crippen MR) is 94.5 cm³/mol. The summed E-state index contributed by atoms with van der Waals surface area (Å²) in [5.74, 6) is -0.631. The molecule has 0 bridgehead atoms. The van der Waals surface area contributed by atoms with E-state index in [1.807, 2.05) is 32.0 Å². The van der Waals surface area contributed by atoms with E-state index in [4.69, 9.17) is 0 Å². The molecule has 1 aromatic rings. The van der Waals surface area contributed by atoms with Crippen molar-refractivity contribution in [2.45, 2.75) is 39.5 Å². The van der Waals surface area contributed by atoms with Crippen molar-refractivity contribution >= 4 is 23.4 Å². The first-order valence-electron chi connectivity index (χ1n) is 8.46. The number of carbonyl (C=O) groups excluding carboxylic acids is 3. The fourth-order valence-corrected chi connectivity index (χ4v) is 2.18. The third-order valence-electron chi connectivity index (χ3n) is 3.43. The van der Waals surface area contributed by atoms with Crippen LogP contribution in [0.1, 0.15) is 39.5 Å². The molecule has 2 N–H and O–H groups in total. The molecule has 0 unspecified atom stereocenters. The van der Waals surface area contributed by atoms with Gasteiger partial charge in [0.05, 0.1) is 13.1 Å². The molecule has 0 saturated carbocycles. The normalized spacial score (nSPS) is 10.1. The van der Waals surface area contributed by atoms with Crippen molar-refractivity contribution < 1.29 is 14.4 Å². The number of carbonyl (C=O) groups is 3. The number of hydrogen-bond donors (Lipinski definition) is 2. The van der Waals surface area contributed by atoms with Gasteiger partial charge in [-0.15, -0.1) is 0 Å². The molecule has 0 heterocycles.